The van der Waals surface area contributed by atoms with E-state index >= 15 is 0 Å². The maximum Gasteiger partial charge on any atom is 0.220 e. The van der Waals surface area contributed by atoms with Crippen molar-refractivity contribution in [2.45, 2.75) is 51.5 Å². The minimum absolute atomic E-state index is 0.168. The van der Waals surface area contributed by atoms with Crippen LogP contribution in [0.2, 0.25) is 0 Å². The fourth-order valence-electron chi connectivity index (χ4n) is 2.71. The standard InChI is InChI=1S/C16H24N2O/c1-12-5-8-15(9-6-12)18-16(19)10-7-13-3-2-4-14(17)11-13/h2-4,11-12,15H,5-10,17H2,1H3,(H,18,19). The quantitative estimate of drug-likeness (QED) is 0.818. The van der Waals surface area contributed by atoms with Crippen LogP contribution in [0.25, 0.3) is 0 Å². The van der Waals surface area contributed by atoms with E-state index in [1.807, 2.05) is 24.3 Å². The topological polar surface area (TPSA) is 55.1 Å². The van der Waals surface area contributed by atoms with Crippen LogP contribution in [0.5, 0.6) is 0 Å². The number of hydrogen-bond donors (Lipinski definition) is 2. The lowest BCUT2D eigenvalue weighted by atomic mass is 9.87. The molecule has 1 fully saturated rings. The molecule has 0 heterocycles. The van der Waals surface area contributed by atoms with Gasteiger partial charge in [-0.1, -0.05) is 19.1 Å². The molecule has 1 saturated carbocycles. The van der Waals surface area contributed by atoms with Crippen molar-refractivity contribution in [3.63, 3.8) is 0 Å². The summed E-state index contributed by atoms with van der Waals surface area (Å²) in [6.07, 6.45) is 6.05. The molecule has 1 aromatic rings. The number of hydrogen-bond acceptors (Lipinski definition) is 2. The number of nitrogens with two attached hydrogens (primary N) is 1. The molecule has 0 aliphatic heterocycles. The number of aryl methyl sites for hydroxylation is 1. The molecule has 3 heteroatoms. The van der Waals surface area contributed by atoms with Crippen molar-refractivity contribution in [3.05, 3.63) is 29.8 Å². The van der Waals surface area contributed by atoms with E-state index in [9.17, 15) is 4.79 Å². The summed E-state index contributed by atoms with van der Waals surface area (Å²) in [4.78, 5) is 11.9. The van der Waals surface area contributed by atoms with Crippen LogP contribution in [-0.4, -0.2) is 11.9 Å². The average molecular weight is 260 g/mol. The van der Waals surface area contributed by atoms with Gasteiger partial charge in [0, 0.05) is 18.2 Å². The van der Waals surface area contributed by atoms with Crippen molar-refractivity contribution in [3.8, 4) is 0 Å². The monoisotopic (exact) mass is 260 g/mol. The second-order valence-corrected chi connectivity index (χ2v) is 5.77. The summed E-state index contributed by atoms with van der Waals surface area (Å²) in [5, 5.41) is 3.15. The molecule has 19 heavy (non-hydrogen) atoms. The Labute approximate surface area is 115 Å². The molecule has 104 valence electrons. The Bertz CT molecular complexity index is 423. The number of carbonyl (C=O) groups is 1. The second-order valence-electron chi connectivity index (χ2n) is 5.77. The average Bonchev–Trinajstić information content (AvgIpc) is 2.39. The van der Waals surface area contributed by atoms with E-state index in [1.54, 1.807) is 0 Å². The zero-order valence-electron chi connectivity index (χ0n) is 11.7. The SMILES string of the molecule is CC1CCC(NC(=O)CCc2cccc(N)c2)CC1. The molecule has 0 spiro atoms. The van der Waals surface area contributed by atoms with Crippen molar-refractivity contribution in [2.24, 2.45) is 5.92 Å². The van der Waals surface area contributed by atoms with Crippen LogP contribution in [0, 0.1) is 5.92 Å². The van der Waals surface area contributed by atoms with Crippen molar-refractivity contribution >= 4 is 11.6 Å². The van der Waals surface area contributed by atoms with Gasteiger partial charge in [0.2, 0.25) is 5.91 Å². The molecule has 1 aromatic carbocycles. The lowest BCUT2D eigenvalue weighted by molar-refractivity contribution is -0.122. The van der Waals surface area contributed by atoms with Crippen LogP contribution < -0.4 is 11.1 Å². The molecule has 0 aromatic heterocycles. The Morgan fingerprint density at radius 1 is 1.32 bits per heavy atom. The Morgan fingerprint density at radius 2 is 2.05 bits per heavy atom. The predicted molar refractivity (Wildman–Crippen MR) is 78.7 cm³/mol. The van der Waals surface area contributed by atoms with Gasteiger partial charge in [-0.3, -0.25) is 4.79 Å². The fraction of sp³-hybridized carbons (Fsp3) is 0.562. The summed E-state index contributed by atoms with van der Waals surface area (Å²) in [5.74, 6) is 0.988. The first-order valence-electron chi connectivity index (χ1n) is 7.27. The first kappa shape index (κ1) is 13.9. The summed E-state index contributed by atoms with van der Waals surface area (Å²) >= 11 is 0. The van der Waals surface area contributed by atoms with Gasteiger partial charge < -0.3 is 11.1 Å². The van der Waals surface area contributed by atoms with Gasteiger partial charge in [-0.05, 0) is 55.7 Å². The van der Waals surface area contributed by atoms with E-state index in [0.717, 1.165) is 36.4 Å². The summed E-state index contributed by atoms with van der Waals surface area (Å²) in [6.45, 7) is 2.29. The molecule has 0 bridgehead atoms. The van der Waals surface area contributed by atoms with E-state index in [-0.39, 0.29) is 5.91 Å². The highest BCUT2D eigenvalue weighted by Crippen LogP contribution is 2.23. The van der Waals surface area contributed by atoms with E-state index in [1.165, 1.54) is 12.8 Å². The summed E-state index contributed by atoms with van der Waals surface area (Å²) in [7, 11) is 0. The number of amides is 1. The molecule has 0 radical (unpaired) electrons. The maximum atomic E-state index is 11.9. The van der Waals surface area contributed by atoms with Gasteiger partial charge in [0.25, 0.3) is 0 Å². The molecular formula is C16H24N2O. The van der Waals surface area contributed by atoms with Crippen LogP contribution in [0.15, 0.2) is 24.3 Å². The number of benzene rings is 1. The third kappa shape index (κ3) is 4.58. The molecular weight excluding hydrogens is 236 g/mol. The van der Waals surface area contributed by atoms with Crippen molar-refractivity contribution in [1.29, 1.82) is 0 Å². The van der Waals surface area contributed by atoms with Gasteiger partial charge in [-0.15, -0.1) is 0 Å². The van der Waals surface area contributed by atoms with Gasteiger partial charge in [-0.25, -0.2) is 0 Å². The first-order chi connectivity index (χ1) is 9.13. The number of anilines is 1. The first-order valence-corrected chi connectivity index (χ1v) is 7.27. The van der Waals surface area contributed by atoms with Crippen molar-refractivity contribution < 1.29 is 4.79 Å². The summed E-state index contributed by atoms with van der Waals surface area (Å²) in [5.41, 5.74) is 7.62. The Balaban J connectivity index is 1.73. The summed E-state index contributed by atoms with van der Waals surface area (Å²) in [6, 6.07) is 8.16. The minimum atomic E-state index is 0.168. The normalized spacial score (nSPS) is 23.0. The highest BCUT2D eigenvalue weighted by molar-refractivity contribution is 5.76. The number of rotatable bonds is 4. The molecule has 1 aliphatic rings. The number of carbonyl (C=O) groups excluding carboxylic acids is 1. The van der Waals surface area contributed by atoms with Gasteiger partial charge in [-0.2, -0.15) is 0 Å². The molecule has 0 unspecified atom stereocenters. The fourth-order valence-corrected chi connectivity index (χ4v) is 2.71. The van der Waals surface area contributed by atoms with E-state index in [4.69, 9.17) is 5.73 Å². The van der Waals surface area contributed by atoms with Crippen LogP contribution in [0.3, 0.4) is 0 Å². The Kier molecular flexibility index (Phi) is 4.83. The van der Waals surface area contributed by atoms with Crippen molar-refractivity contribution in [1.82, 2.24) is 5.32 Å². The minimum Gasteiger partial charge on any atom is -0.399 e. The highest BCUT2D eigenvalue weighted by atomic mass is 16.1. The largest absolute Gasteiger partial charge is 0.399 e. The predicted octanol–water partition coefficient (Wildman–Crippen LogP) is 2.90. The third-order valence-corrected chi connectivity index (χ3v) is 3.97. The van der Waals surface area contributed by atoms with Gasteiger partial charge in [0.1, 0.15) is 0 Å². The molecule has 0 saturated heterocycles. The Morgan fingerprint density at radius 3 is 2.74 bits per heavy atom. The van der Waals surface area contributed by atoms with Gasteiger partial charge in [0.15, 0.2) is 0 Å². The van der Waals surface area contributed by atoms with Gasteiger partial charge in [0.05, 0.1) is 0 Å². The van der Waals surface area contributed by atoms with Gasteiger partial charge >= 0.3 is 0 Å². The van der Waals surface area contributed by atoms with Crippen LogP contribution in [0.1, 0.15) is 44.6 Å². The number of nitrogen functional groups attached to an aromatic ring is 1. The van der Waals surface area contributed by atoms with E-state index in [0.29, 0.717) is 12.5 Å². The maximum absolute atomic E-state index is 11.9. The smallest absolute Gasteiger partial charge is 0.220 e. The van der Waals surface area contributed by atoms with Crippen molar-refractivity contribution in [2.75, 3.05) is 5.73 Å². The van der Waals surface area contributed by atoms with Crippen LogP contribution in [-0.2, 0) is 11.2 Å². The molecule has 3 N–H and O–H groups in total. The van der Waals surface area contributed by atoms with Crippen LogP contribution >= 0.6 is 0 Å². The zero-order valence-corrected chi connectivity index (χ0v) is 11.7. The lowest BCUT2D eigenvalue weighted by Gasteiger charge is -2.26. The molecule has 3 nitrogen and oxygen atoms in total. The molecule has 0 atom stereocenters. The van der Waals surface area contributed by atoms with E-state index in [2.05, 4.69) is 12.2 Å². The third-order valence-electron chi connectivity index (χ3n) is 3.97. The lowest BCUT2D eigenvalue weighted by Crippen LogP contribution is -2.37. The van der Waals surface area contributed by atoms with Crippen LogP contribution in [0.4, 0.5) is 5.69 Å². The number of nitrogens with one attached hydrogen (secondary N) is 1. The van der Waals surface area contributed by atoms with E-state index < -0.39 is 0 Å². The highest BCUT2D eigenvalue weighted by Gasteiger charge is 2.19. The molecule has 2 rings (SSSR count). The molecule has 1 amide bonds. The summed E-state index contributed by atoms with van der Waals surface area (Å²) < 4.78 is 0. The zero-order chi connectivity index (χ0) is 13.7. The Hall–Kier alpha value is -1.51. The second kappa shape index (κ2) is 6.60. The molecule has 1 aliphatic carbocycles.